The van der Waals surface area contributed by atoms with Crippen molar-refractivity contribution in [2.45, 2.75) is 20.4 Å². The maximum absolute atomic E-state index is 5.65. The van der Waals surface area contributed by atoms with Gasteiger partial charge in [0.15, 0.2) is 17.2 Å². The average Bonchev–Trinajstić information content (AvgIpc) is 3.05. The van der Waals surface area contributed by atoms with Crippen LogP contribution in [0.4, 0.5) is 0 Å². The summed E-state index contributed by atoms with van der Waals surface area (Å²) in [7, 11) is 0. The highest BCUT2D eigenvalue weighted by molar-refractivity contribution is 5.91. The molecule has 0 atom stereocenters. The first kappa shape index (κ1) is 10.4. The van der Waals surface area contributed by atoms with Crippen LogP contribution in [0.5, 0.6) is 0 Å². The number of furan rings is 1. The fourth-order valence-corrected chi connectivity index (χ4v) is 2.29. The van der Waals surface area contributed by atoms with Crippen LogP contribution in [-0.2, 0) is 6.54 Å². The van der Waals surface area contributed by atoms with Gasteiger partial charge >= 0.3 is 0 Å². The molecule has 1 aliphatic heterocycles. The summed E-state index contributed by atoms with van der Waals surface area (Å²) in [6.07, 6.45) is 1.81. The second kappa shape index (κ2) is 3.50. The third-order valence-electron chi connectivity index (χ3n) is 3.13. The van der Waals surface area contributed by atoms with Crippen LogP contribution >= 0.6 is 0 Å². The van der Waals surface area contributed by atoms with Crippen LogP contribution in [-0.4, -0.2) is 25.8 Å². The summed E-state index contributed by atoms with van der Waals surface area (Å²) in [5, 5.41) is 4.40. The summed E-state index contributed by atoms with van der Waals surface area (Å²) < 4.78 is 7.38. The second-order valence-electron chi connectivity index (χ2n) is 4.57. The van der Waals surface area contributed by atoms with Crippen molar-refractivity contribution < 1.29 is 4.42 Å². The zero-order valence-corrected chi connectivity index (χ0v) is 10.6. The van der Waals surface area contributed by atoms with E-state index in [1.165, 1.54) is 0 Å². The molecule has 0 spiro atoms. The lowest BCUT2D eigenvalue weighted by atomic mass is 10.2. The Labute approximate surface area is 108 Å². The molecule has 1 aliphatic rings. The fraction of sp³-hybridized carbons (Fsp3) is 0.231. The number of aryl methyl sites for hydroxylation is 2. The van der Waals surface area contributed by atoms with Gasteiger partial charge in [-0.2, -0.15) is 4.52 Å². The molecule has 0 aromatic carbocycles. The molecule has 94 valence electrons. The molecule has 6 nitrogen and oxygen atoms in total. The second-order valence-corrected chi connectivity index (χ2v) is 4.57. The summed E-state index contributed by atoms with van der Waals surface area (Å²) >= 11 is 0. The average molecular weight is 253 g/mol. The zero-order valence-electron chi connectivity index (χ0n) is 10.6. The number of fused-ring (bicyclic) bond motifs is 3. The zero-order chi connectivity index (χ0) is 13.0. The van der Waals surface area contributed by atoms with Crippen molar-refractivity contribution in [1.29, 1.82) is 0 Å². The molecular formula is C13H11N5O. The minimum absolute atomic E-state index is 0.588. The molecule has 19 heavy (non-hydrogen) atoms. The molecule has 3 aromatic heterocycles. The standard InChI is InChI=1S/C13H11N5O/c1-7-3-4-11(19-7)13-16-10-6-14-5-9(10)12-15-8(2)17-18(12)13/h3-5H,6H2,1-2H3. The van der Waals surface area contributed by atoms with E-state index in [4.69, 9.17) is 4.42 Å². The van der Waals surface area contributed by atoms with E-state index in [0.717, 1.165) is 22.7 Å². The molecule has 0 fully saturated rings. The van der Waals surface area contributed by atoms with Gasteiger partial charge < -0.3 is 4.42 Å². The Hall–Kier alpha value is -2.50. The van der Waals surface area contributed by atoms with Gasteiger partial charge in [-0.25, -0.2) is 9.97 Å². The van der Waals surface area contributed by atoms with Crippen LogP contribution in [0.2, 0.25) is 0 Å². The van der Waals surface area contributed by atoms with Crippen molar-refractivity contribution in [2.24, 2.45) is 4.99 Å². The molecule has 3 aromatic rings. The van der Waals surface area contributed by atoms with Crippen molar-refractivity contribution in [1.82, 2.24) is 19.6 Å². The number of aliphatic imine (C=N–C) groups is 1. The van der Waals surface area contributed by atoms with Crippen LogP contribution in [0.25, 0.3) is 17.2 Å². The van der Waals surface area contributed by atoms with Gasteiger partial charge in [0.2, 0.25) is 0 Å². The van der Waals surface area contributed by atoms with E-state index in [2.05, 4.69) is 20.1 Å². The Balaban J connectivity index is 2.09. The third kappa shape index (κ3) is 1.43. The van der Waals surface area contributed by atoms with E-state index in [0.29, 0.717) is 24.0 Å². The van der Waals surface area contributed by atoms with Gasteiger partial charge in [0.25, 0.3) is 0 Å². The highest BCUT2D eigenvalue weighted by Crippen LogP contribution is 2.25. The predicted octanol–water partition coefficient (Wildman–Crippen LogP) is 1.93. The molecule has 4 rings (SSSR count). The minimum Gasteiger partial charge on any atom is -0.458 e. The SMILES string of the molecule is Cc1nc2c3c(nc(-c4ccc(C)o4)n2n1)CN=C3. The number of hydrogen-bond acceptors (Lipinski definition) is 5. The van der Waals surface area contributed by atoms with E-state index in [1.54, 1.807) is 4.52 Å². The molecule has 6 heteroatoms. The van der Waals surface area contributed by atoms with E-state index in [9.17, 15) is 0 Å². The summed E-state index contributed by atoms with van der Waals surface area (Å²) in [4.78, 5) is 13.3. The molecule has 0 unspecified atom stereocenters. The van der Waals surface area contributed by atoms with E-state index in [-0.39, 0.29) is 0 Å². The van der Waals surface area contributed by atoms with Crippen molar-refractivity contribution in [3.05, 3.63) is 35.0 Å². The van der Waals surface area contributed by atoms with Gasteiger partial charge in [-0.3, -0.25) is 4.99 Å². The van der Waals surface area contributed by atoms with Gasteiger partial charge in [0.1, 0.15) is 11.6 Å². The molecule has 0 saturated heterocycles. The monoisotopic (exact) mass is 253 g/mol. The first-order chi connectivity index (χ1) is 9.22. The fourth-order valence-electron chi connectivity index (χ4n) is 2.29. The van der Waals surface area contributed by atoms with Crippen LogP contribution in [0.3, 0.4) is 0 Å². The van der Waals surface area contributed by atoms with Gasteiger partial charge in [-0.05, 0) is 26.0 Å². The lowest BCUT2D eigenvalue weighted by molar-refractivity contribution is 0.541. The van der Waals surface area contributed by atoms with Crippen molar-refractivity contribution in [3.8, 4) is 11.6 Å². The lowest BCUT2D eigenvalue weighted by Gasteiger charge is -2.04. The van der Waals surface area contributed by atoms with Crippen LogP contribution < -0.4 is 0 Å². The largest absolute Gasteiger partial charge is 0.458 e. The molecule has 4 heterocycles. The Bertz CT molecular complexity index is 827. The number of rotatable bonds is 1. The Morgan fingerprint density at radius 2 is 2.11 bits per heavy atom. The van der Waals surface area contributed by atoms with Crippen LogP contribution in [0.1, 0.15) is 22.8 Å². The third-order valence-corrected chi connectivity index (χ3v) is 3.13. The predicted molar refractivity (Wildman–Crippen MR) is 69.3 cm³/mol. The van der Waals surface area contributed by atoms with Gasteiger partial charge in [0, 0.05) is 6.21 Å². The summed E-state index contributed by atoms with van der Waals surface area (Å²) in [6, 6.07) is 3.81. The van der Waals surface area contributed by atoms with Gasteiger partial charge in [-0.15, -0.1) is 5.10 Å². The summed E-state index contributed by atoms with van der Waals surface area (Å²) in [5.74, 6) is 2.92. The highest BCUT2D eigenvalue weighted by Gasteiger charge is 2.20. The van der Waals surface area contributed by atoms with Crippen molar-refractivity contribution in [3.63, 3.8) is 0 Å². The molecule has 0 saturated carbocycles. The number of nitrogens with zero attached hydrogens (tertiary/aromatic N) is 5. The highest BCUT2D eigenvalue weighted by atomic mass is 16.3. The molecular weight excluding hydrogens is 242 g/mol. The molecule has 0 amide bonds. The number of aromatic nitrogens is 4. The van der Waals surface area contributed by atoms with Crippen molar-refractivity contribution >= 4 is 11.9 Å². The normalized spacial score (nSPS) is 13.4. The summed E-state index contributed by atoms with van der Waals surface area (Å²) in [6.45, 7) is 4.36. The molecule has 0 bridgehead atoms. The van der Waals surface area contributed by atoms with Crippen molar-refractivity contribution in [2.75, 3.05) is 0 Å². The summed E-state index contributed by atoms with van der Waals surface area (Å²) in [5.41, 5.74) is 2.66. The van der Waals surface area contributed by atoms with Crippen LogP contribution in [0, 0.1) is 13.8 Å². The molecule has 0 aliphatic carbocycles. The first-order valence-corrected chi connectivity index (χ1v) is 6.05. The lowest BCUT2D eigenvalue weighted by Crippen LogP contribution is -2.03. The van der Waals surface area contributed by atoms with E-state index < -0.39 is 0 Å². The van der Waals surface area contributed by atoms with E-state index >= 15 is 0 Å². The topological polar surface area (TPSA) is 68.6 Å². The molecule has 0 radical (unpaired) electrons. The maximum Gasteiger partial charge on any atom is 0.199 e. The Morgan fingerprint density at radius 1 is 1.21 bits per heavy atom. The molecule has 0 N–H and O–H groups in total. The van der Waals surface area contributed by atoms with Gasteiger partial charge in [-0.1, -0.05) is 0 Å². The Kier molecular flexibility index (Phi) is 1.92. The Morgan fingerprint density at radius 3 is 2.89 bits per heavy atom. The van der Waals surface area contributed by atoms with Gasteiger partial charge in [0.05, 0.1) is 17.8 Å². The quantitative estimate of drug-likeness (QED) is 0.664. The minimum atomic E-state index is 0.588. The smallest absolute Gasteiger partial charge is 0.199 e. The number of hydrogen-bond donors (Lipinski definition) is 0. The first-order valence-electron chi connectivity index (χ1n) is 6.05. The maximum atomic E-state index is 5.65. The van der Waals surface area contributed by atoms with E-state index in [1.807, 2.05) is 32.2 Å². The van der Waals surface area contributed by atoms with Crippen LogP contribution in [0.15, 0.2) is 21.5 Å².